The van der Waals surface area contributed by atoms with Gasteiger partial charge in [0.05, 0.1) is 11.8 Å². The van der Waals surface area contributed by atoms with Gasteiger partial charge in [-0.15, -0.1) is 0 Å². The first-order valence-corrected chi connectivity index (χ1v) is 6.29. The summed E-state index contributed by atoms with van der Waals surface area (Å²) in [5.74, 6) is 0.640. The number of rotatable bonds is 5. The molecule has 0 radical (unpaired) electrons. The molecule has 2 aromatic rings. The van der Waals surface area contributed by atoms with Gasteiger partial charge < -0.3 is 9.84 Å². The maximum absolute atomic E-state index is 11.7. The van der Waals surface area contributed by atoms with Gasteiger partial charge in [0.25, 0.3) is 5.56 Å². The third-order valence-electron chi connectivity index (χ3n) is 2.83. The predicted octanol–water partition coefficient (Wildman–Crippen LogP) is 1.99. The minimum atomic E-state index is -0.469. The molecule has 0 spiro atoms. The number of aliphatic hydroxyl groups is 1. The maximum atomic E-state index is 11.7. The molecule has 0 saturated carbocycles. The lowest BCUT2D eigenvalue weighted by Gasteiger charge is -2.12. The van der Waals surface area contributed by atoms with Crippen LogP contribution in [-0.2, 0) is 0 Å². The molecule has 0 aliphatic heterocycles. The Morgan fingerprint density at radius 2 is 2.11 bits per heavy atom. The summed E-state index contributed by atoms with van der Waals surface area (Å²) in [5.41, 5.74) is 0.655. The van der Waals surface area contributed by atoms with Crippen molar-refractivity contribution in [1.29, 1.82) is 0 Å². The van der Waals surface area contributed by atoms with Crippen LogP contribution in [0.3, 0.4) is 0 Å². The molecule has 1 heterocycles. The van der Waals surface area contributed by atoms with Crippen molar-refractivity contribution >= 4 is 0 Å². The molecule has 0 amide bonds. The fourth-order valence-corrected chi connectivity index (χ4v) is 1.67. The molecule has 0 bridgehead atoms. The summed E-state index contributed by atoms with van der Waals surface area (Å²) in [4.78, 5) is 11.7. The summed E-state index contributed by atoms with van der Waals surface area (Å²) in [6, 6.07) is 12.3. The zero-order valence-electron chi connectivity index (χ0n) is 10.8. The topological polar surface area (TPSA) is 51.5 Å². The number of nitrogens with zero attached hydrogens (tertiary/aromatic N) is 1. The van der Waals surface area contributed by atoms with Crippen LogP contribution >= 0.6 is 0 Å². The van der Waals surface area contributed by atoms with E-state index in [-0.39, 0.29) is 12.2 Å². The molecule has 0 unspecified atom stereocenters. The first-order chi connectivity index (χ1) is 9.20. The number of ether oxygens (including phenoxy) is 1. The van der Waals surface area contributed by atoms with Crippen molar-refractivity contribution in [3.8, 4) is 11.4 Å². The summed E-state index contributed by atoms with van der Waals surface area (Å²) < 4.78 is 7.04. The summed E-state index contributed by atoms with van der Waals surface area (Å²) in [7, 11) is 0. The normalized spacial score (nSPS) is 12.1. The number of aliphatic hydroxyl groups excluding tert-OH is 1. The Balaban J connectivity index is 2.20. The molecule has 0 aliphatic rings. The lowest BCUT2D eigenvalue weighted by molar-refractivity contribution is 0.104. The molecular weight excluding hydrogens is 242 g/mol. The summed E-state index contributed by atoms with van der Waals surface area (Å²) >= 11 is 0. The van der Waals surface area contributed by atoms with Crippen LogP contribution in [0.25, 0.3) is 5.69 Å². The lowest BCUT2D eigenvalue weighted by atomic mass is 10.2. The molecular formula is C15H17NO3. The van der Waals surface area contributed by atoms with E-state index in [0.29, 0.717) is 12.2 Å². The first-order valence-electron chi connectivity index (χ1n) is 6.29. The summed E-state index contributed by atoms with van der Waals surface area (Å²) in [6.45, 7) is 2.15. The van der Waals surface area contributed by atoms with Gasteiger partial charge in [-0.05, 0) is 24.6 Å². The predicted molar refractivity (Wildman–Crippen MR) is 73.8 cm³/mol. The largest absolute Gasteiger partial charge is 0.491 e. The number of benzene rings is 1. The summed E-state index contributed by atoms with van der Waals surface area (Å²) in [5, 5.41) is 9.47. The van der Waals surface area contributed by atoms with Crippen molar-refractivity contribution in [2.24, 2.45) is 0 Å². The zero-order chi connectivity index (χ0) is 13.7. The van der Waals surface area contributed by atoms with Gasteiger partial charge in [-0.2, -0.15) is 0 Å². The van der Waals surface area contributed by atoms with Crippen LogP contribution in [0.2, 0.25) is 0 Å². The van der Waals surface area contributed by atoms with Crippen LogP contribution in [0.15, 0.2) is 53.5 Å². The van der Waals surface area contributed by atoms with Crippen LogP contribution < -0.4 is 10.3 Å². The Hall–Kier alpha value is -2.07. The van der Waals surface area contributed by atoms with Gasteiger partial charge in [-0.3, -0.25) is 9.36 Å². The second kappa shape index (κ2) is 6.20. The fraction of sp³-hybridized carbons (Fsp3) is 0.267. The standard InChI is InChI=1S/C15H17NO3/c1-2-13(17)11-19-14-7-5-6-12(10-14)16-9-4-3-8-15(16)18/h3-10,13,17H,2,11H2,1H3/t13-/m0/s1. The van der Waals surface area contributed by atoms with Gasteiger partial charge in [0.15, 0.2) is 0 Å². The van der Waals surface area contributed by atoms with Gasteiger partial charge in [0, 0.05) is 18.3 Å². The SMILES string of the molecule is CC[C@H](O)COc1cccc(-n2ccccc2=O)c1. The molecule has 0 fully saturated rings. The Morgan fingerprint density at radius 1 is 1.26 bits per heavy atom. The number of hydrogen-bond acceptors (Lipinski definition) is 3. The fourth-order valence-electron chi connectivity index (χ4n) is 1.67. The third-order valence-corrected chi connectivity index (χ3v) is 2.83. The molecule has 1 atom stereocenters. The van der Waals surface area contributed by atoms with E-state index in [1.807, 2.05) is 19.1 Å². The average molecular weight is 259 g/mol. The monoisotopic (exact) mass is 259 g/mol. The molecule has 4 heteroatoms. The molecule has 1 N–H and O–H groups in total. The number of aromatic nitrogens is 1. The maximum Gasteiger partial charge on any atom is 0.255 e. The second-order valence-electron chi connectivity index (χ2n) is 4.28. The van der Waals surface area contributed by atoms with Crippen molar-refractivity contribution in [1.82, 2.24) is 4.57 Å². The van der Waals surface area contributed by atoms with Crippen LogP contribution in [0.5, 0.6) is 5.75 Å². The van der Waals surface area contributed by atoms with E-state index >= 15 is 0 Å². The van der Waals surface area contributed by atoms with Crippen molar-refractivity contribution in [3.05, 3.63) is 59.0 Å². The molecule has 19 heavy (non-hydrogen) atoms. The second-order valence-corrected chi connectivity index (χ2v) is 4.28. The Morgan fingerprint density at radius 3 is 2.84 bits per heavy atom. The van der Waals surface area contributed by atoms with E-state index in [1.165, 1.54) is 6.07 Å². The summed E-state index contributed by atoms with van der Waals surface area (Å²) in [6.07, 6.45) is 1.89. The Labute approximate surface area is 111 Å². The number of hydrogen-bond donors (Lipinski definition) is 1. The highest BCUT2D eigenvalue weighted by molar-refractivity contribution is 5.39. The molecule has 100 valence electrons. The molecule has 0 saturated heterocycles. The van der Waals surface area contributed by atoms with E-state index in [9.17, 15) is 9.90 Å². The Bertz CT molecular complexity index is 592. The molecule has 2 rings (SSSR count). The highest BCUT2D eigenvalue weighted by Gasteiger charge is 2.04. The highest BCUT2D eigenvalue weighted by atomic mass is 16.5. The minimum Gasteiger partial charge on any atom is -0.491 e. The highest BCUT2D eigenvalue weighted by Crippen LogP contribution is 2.16. The lowest BCUT2D eigenvalue weighted by Crippen LogP contribution is -2.17. The van der Waals surface area contributed by atoms with Crippen LogP contribution in [0, 0.1) is 0 Å². The Kier molecular flexibility index (Phi) is 4.36. The van der Waals surface area contributed by atoms with Gasteiger partial charge in [0.1, 0.15) is 12.4 Å². The molecule has 4 nitrogen and oxygen atoms in total. The van der Waals surface area contributed by atoms with Gasteiger partial charge in [-0.1, -0.05) is 19.1 Å². The van der Waals surface area contributed by atoms with E-state index in [4.69, 9.17) is 4.74 Å². The first kappa shape index (κ1) is 13.4. The molecule has 1 aromatic heterocycles. The minimum absolute atomic E-state index is 0.0896. The average Bonchev–Trinajstić information content (AvgIpc) is 2.45. The van der Waals surface area contributed by atoms with E-state index in [0.717, 1.165) is 5.69 Å². The van der Waals surface area contributed by atoms with Gasteiger partial charge in [0.2, 0.25) is 0 Å². The smallest absolute Gasteiger partial charge is 0.255 e. The van der Waals surface area contributed by atoms with Gasteiger partial charge in [-0.25, -0.2) is 0 Å². The van der Waals surface area contributed by atoms with Crippen molar-refractivity contribution in [3.63, 3.8) is 0 Å². The molecule has 1 aromatic carbocycles. The van der Waals surface area contributed by atoms with Crippen LogP contribution in [0.1, 0.15) is 13.3 Å². The van der Waals surface area contributed by atoms with Crippen molar-refractivity contribution in [2.75, 3.05) is 6.61 Å². The third kappa shape index (κ3) is 3.45. The van der Waals surface area contributed by atoms with Crippen molar-refractivity contribution < 1.29 is 9.84 Å². The zero-order valence-corrected chi connectivity index (χ0v) is 10.8. The molecule has 0 aliphatic carbocycles. The van der Waals surface area contributed by atoms with Crippen LogP contribution in [-0.4, -0.2) is 22.4 Å². The number of pyridine rings is 1. The van der Waals surface area contributed by atoms with E-state index in [2.05, 4.69) is 0 Å². The van der Waals surface area contributed by atoms with E-state index < -0.39 is 6.10 Å². The quantitative estimate of drug-likeness (QED) is 0.893. The van der Waals surface area contributed by atoms with Gasteiger partial charge >= 0.3 is 0 Å². The van der Waals surface area contributed by atoms with Crippen LogP contribution in [0.4, 0.5) is 0 Å². The van der Waals surface area contributed by atoms with Crippen molar-refractivity contribution in [2.45, 2.75) is 19.4 Å². The van der Waals surface area contributed by atoms with E-state index in [1.54, 1.807) is 35.0 Å².